The lowest BCUT2D eigenvalue weighted by Gasteiger charge is -2.27. The third-order valence-electron chi connectivity index (χ3n) is 6.20. The lowest BCUT2D eigenvalue weighted by atomic mass is 9.93. The topological polar surface area (TPSA) is 95.1 Å². The van der Waals surface area contributed by atoms with Gasteiger partial charge in [-0.1, -0.05) is 0 Å². The molecule has 1 unspecified atom stereocenters. The molecule has 1 atom stereocenters. The Kier molecular flexibility index (Phi) is 7.17. The average Bonchev–Trinajstić information content (AvgIpc) is 3.18. The highest BCUT2D eigenvalue weighted by Crippen LogP contribution is 2.44. The molecular weight excluding hydrogens is 422 g/mol. The van der Waals surface area contributed by atoms with Crippen molar-refractivity contribution in [1.29, 1.82) is 0 Å². The fourth-order valence-corrected chi connectivity index (χ4v) is 4.44. The molecule has 3 rings (SSSR count). The first-order valence-corrected chi connectivity index (χ1v) is 10.9. The van der Waals surface area contributed by atoms with Gasteiger partial charge in [0.1, 0.15) is 17.3 Å². The molecule has 1 aliphatic rings. The minimum atomic E-state index is -0.800. The summed E-state index contributed by atoms with van der Waals surface area (Å²) in [5.74, 6) is -0.449. The van der Waals surface area contributed by atoms with Crippen molar-refractivity contribution in [3.05, 3.63) is 51.9 Å². The number of aromatic amines is 1. The maximum Gasteiger partial charge on any atom is 0.295 e. The van der Waals surface area contributed by atoms with Gasteiger partial charge in [-0.3, -0.25) is 9.59 Å². The number of hydrogen-bond acceptors (Lipinski definition) is 6. The van der Waals surface area contributed by atoms with Crippen molar-refractivity contribution < 1.29 is 24.2 Å². The van der Waals surface area contributed by atoms with E-state index in [4.69, 9.17) is 9.47 Å². The molecule has 0 spiro atoms. The Bertz CT molecular complexity index is 1100. The summed E-state index contributed by atoms with van der Waals surface area (Å²) in [5.41, 5.74) is 3.65. The number of aromatic nitrogens is 1. The van der Waals surface area contributed by atoms with Gasteiger partial charge in [0.25, 0.3) is 11.7 Å². The second-order valence-electron chi connectivity index (χ2n) is 8.63. The summed E-state index contributed by atoms with van der Waals surface area (Å²) in [5, 5.41) is 11.4. The number of carbonyl (C=O) groups excluding carboxylic acids is 2. The zero-order chi connectivity index (χ0) is 24.4. The van der Waals surface area contributed by atoms with Gasteiger partial charge in [0.15, 0.2) is 0 Å². The van der Waals surface area contributed by atoms with E-state index in [1.54, 1.807) is 25.3 Å². The molecular formula is C25H33N3O5. The molecule has 0 saturated carbocycles. The van der Waals surface area contributed by atoms with Crippen LogP contribution in [-0.2, 0) is 9.59 Å². The van der Waals surface area contributed by atoms with Crippen molar-refractivity contribution in [3.8, 4) is 11.5 Å². The predicted octanol–water partition coefficient (Wildman–Crippen LogP) is 3.33. The molecule has 1 aliphatic heterocycles. The van der Waals surface area contributed by atoms with Crippen LogP contribution in [0.1, 0.15) is 40.5 Å². The Morgan fingerprint density at radius 2 is 1.82 bits per heavy atom. The van der Waals surface area contributed by atoms with Crippen molar-refractivity contribution in [3.63, 3.8) is 0 Å². The lowest BCUT2D eigenvalue weighted by Crippen LogP contribution is -2.32. The fraction of sp³-hybridized carbons (Fsp3) is 0.440. The van der Waals surface area contributed by atoms with Gasteiger partial charge in [-0.2, -0.15) is 0 Å². The van der Waals surface area contributed by atoms with Crippen LogP contribution in [0.5, 0.6) is 11.5 Å². The number of nitrogens with zero attached hydrogens (tertiary/aromatic N) is 2. The number of aliphatic hydroxyl groups is 1. The highest BCUT2D eigenvalue weighted by molar-refractivity contribution is 6.46. The molecule has 1 aromatic heterocycles. The quantitative estimate of drug-likeness (QED) is 0.360. The number of ketones is 1. The number of Topliss-reactive ketones (excluding diaryl/α,β-unsaturated/α-hetero) is 1. The van der Waals surface area contributed by atoms with Gasteiger partial charge in [0.05, 0.1) is 25.8 Å². The molecule has 0 bridgehead atoms. The van der Waals surface area contributed by atoms with E-state index in [2.05, 4.69) is 4.98 Å². The van der Waals surface area contributed by atoms with Crippen LogP contribution in [0.25, 0.3) is 5.76 Å². The standard InChI is InChI=1S/C25H33N3O5/c1-14-15(2)26-16(3)20(14)23(29)21-22(18-13-17(32-6)9-10-19(18)33-7)28(25(31)24(21)30)12-8-11-27(4)5/h9-10,13,22,26,29H,8,11-12H2,1-7H3/b23-21+. The summed E-state index contributed by atoms with van der Waals surface area (Å²) in [6, 6.07) is 4.45. The molecule has 2 N–H and O–H groups in total. The van der Waals surface area contributed by atoms with E-state index in [1.807, 2.05) is 39.8 Å². The molecule has 2 heterocycles. The largest absolute Gasteiger partial charge is 0.507 e. The summed E-state index contributed by atoms with van der Waals surface area (Å²) in [6.07, 6.45) is 0.671. The van der Waals surface area contributed by atoms with Crippen LogP contribution in [0.4, 0.5) is 0 Å². The number of ether oxygens (including phenoxy) is 2. The van der Waals surface area contributed by atoms with Gasteiger partial charge in [-0.15, -0.1) is 0 Å². The summed E-state index contributed by atoms with van der Waals surface area (Å²) in [6.45, 7) is 6.72. The molecule has 1 amide bonds. The van der Waals surface area contributed by atoms with Crippen LogP contribution in [0.15, 0.2) is 23.8 Å². The van der Waals surface area contributed by atoms with Crippen LogP contribution >= 0.6 is 0 Å². The third kappa shape index (κ3) is 4.48. The van der Waals surface area contributed by atoms with E-state index in [0.717, 1.165) is 23.5 Å². The van der Waals surface area contributed by atoms with Crippen molar-refractivity contribution in [2.24, 2.45) is 0 Å². The number of hydrogen-bond donors (Lipinski definition) is 2. The average molecular weight is 456 g/mol. The second-order valence-corrected chi connectivity index (χ2v) is 8.63. The normalized spacial score (nSPS) is 17.8. The highest BCUT2D eigenvalue weighted by Gasteiger charge is 2.47. The number of H-pyrrole nitrogens is 1. The maximum atomic E-state index is 13.3. The van der Waals surface area contributed by atoms with Gasteiger partial charge in [0, 0.05) is 29.1 Å². The molecule has 8 nitrogen and oxygen atoms in total. The van der Waals surface area contributed by atoms with Gasteiger partial charge < -0.3 is 29.4 Å². The van der Waals surface area contributed by atoms with Crippen LogP contribution in [0.3, 0.4) is 0 Å². The van der Waals surface area contributed by atoms with Crippen LogP contribution in [0.2, 0.25) is 0 Å². The molecule has 178 valence electrons. The number of aryl methyl sites for hydroxylation is 2. The van der Waals surface area contributed by atoms with Crippen molar-refractivity contribution >= 4 is 17.4 Å². The first-order valence-electron chi connectivity index (χ1n) is 10.9. The maximum absolute atomic E-state index is 13.3. The molecule has 1 aromatic carbocycles. The van der Waals surface area contributed by atoms with E-state index >= 15 is 0 Å². The summed E-state index contributed by atoms with van der Waals surface area (Å²) < 4.78 is 11.0. The molecule has 1 fully saturated rings. The Labute approximate surface area is 194 Å². The molecule has 8 heteroatoms. The minimum Gasteiger partial charge on any atom is -0.507 e. The summed E-state index contributed by atoms with van der Waals surface area (Å²) in [4.78, 5) is 33.2. The van der Waals surface area contributed by atoms with Crippen LogP contribution < -0.4 is 9.47 Å². The van der Waals surface area contributed by atoms with E-state index in [0.29, 0.717) is 35.6 Å². The molecule has 33 heavy (non-hydrogen) atoms. The number of carbonyl (C=O) groups is 2. The second kappa shape index (κ2) is 9.70. The van der Waals surface area contributed by atoms with Crippen molar-refractivity contribution in [1.82, 2.24) is 14.8 Å². The Morgan fingerprint density at radius 1 is 1.12 bits per heavy atom. The van der Waals surface area contributed by atoms with E-state index in [9.17, 15) is 14.7 Å². The number of aliphatic hydroxyl groups excluding tert-OH is 1. The Morgan fingerprint density at radius 3 is 2.36 bits per heavy atom. The van der Waals surface area contributed by atoms with Gasteiger partial charge in [0.2, 0.25) is 0 Å². The Balaban J connectivity index is 2.25. The molecule has 0 aliphatic carbocycles. The zero-order valence-corrected chi connectivity index (χ0v) is 20.4. The van der Waals surface area contributed by atoms with Gasteiger partial charge in [-0.05, 0) is 71.6 Å². The van der Waals surface area contributed by atoms with E-state index in [1.165, 1.54) is 12.0 Å². The smallest absolute Gasteiger partial charge is 0.295 e. The van der Waals surface area contributed by atoms with Crippen molar-refractivity contribution in [2.45, 2.75) is 33.2 Å². The molecule has 1 saturated heterocycles. The molecule has 2 aromatic rings. The fourth-order valence-electron chi connectivity index (χ4n) is 4.44. The first-order chi connectivity index (χ1) is 15.6. The van der Waals surface area contributed by atoms with Crippen LogP contribution in [-0.4, -0.2) is 73.0 Å². The lowest BCUT2D eigenvalue weighted by molar-refractivity contribution is -0.140. The Hall–Kier alpha value is -3.26. The predicted molar refractivity (Wildman–Crippen MR) is 127 cm³/mol. The third-order valence-corrected chi connectivity index (χ3v) is 6.20. The van der Waals surface area contributed by atoms with Gasteiger partial charge in [-0.25, -0.2) is 0 Å². The van der Waals surface area contributed by atoms with E-state index in [-0.39, 0.29) is 11.3 Å². The van der Waals surface area contributed by atoms with Crippen molar-refractivity contribution in [2.75, 3.05) is 41.4 Å². The SMILES string of the molecule is COc1ccc(OC)c(C2/C(=C(\O)c3c(C)[nH]c(C)c3C)C(=O)C(=O)N2CCCN(C)C)c1. The number of benzene rings is 1. The number of methoxy groups -OCH3 is 2. The summed E-state index contributed by atoms with van der Waals surface area (Å²) in [7, 11) is 7.00. The summed E-state index contributed by atoms with van der Waals surface area (Å²) >= 11 is 0. The number of likely N-dealkylation sites (tertiary alicyclic amines) is 1. The van der Waals surface area contributed by atoms with E-state index < -0.39 is 17.7 Å². The zero-order valence-electron chi connectivity index (χ0n) is 20.4. The minimum absolute atomic E-state index is 0.0570. The number of amides is 1. The number of rotatable bonds is 8. The monoisotopic (exact) mass is 455 g/mol. The first kappa shape index (κ1) is 24.4. The van der Waals surface area contributed by atoms with Gasteiger partial charge >= 0.3 is 0 Å². The van der Waals surface area contributed by atoms with Crippen LogP contribution in [0, 0.1) is 20.8 Å². The number of nitrogens with one attached hydrogen (secondary N) is 1. The molecule has 0 radical (unpaired) electrons. The highest BCUT2D eigenvalue weighted by atomic mass is 16.5.